The van der Waals surface area contributed by atoms with Crippen LogP contribution in [0.1, 0.15) is 25.5 Å². The van der Waals surface area contributed by atoms with E-state index in [1.165, 1.54) is 11.3 Å². The third kappa shape index (κ3) is 4.59. The van der Waals surface area contributed by atoms with Gasteiger partial charge in [0.05, 0.1) is 11.4 Å². The molecule has 9 heteroatoms. The molecule has 1 aromatic carbocycles. The fourth-order valence-corrected chi connectivity index (χ4v) is 6.58. The molecule has 0 unspecified atom stereocenters. The minimum atomic E-state index is -3.61. The van der Waals surface area contributed by atoms with Crippen LogP contribution in [0.15, 0.2) is 40.6 Å². The minimum Gasteiger partial charge on any atom is -0.345 e. The first-order valence-corrected chi connectivity index (χ1v) is 13.2. The van der Waals surface area contributed by atoms with E-state index in [2.05, 4.69) is 16.5 Å². The van der Waals surface area contributed by atoms with Gasteiger partial charge in [-0.15, -0.1) is 11.3 Å². The first-order chi connectivity index (χ1) is 14.8. The van der Waals surface area contributed by atoms with Crippen molar-refractivity contribution < 1.29 is 8.42 Å². The van der Waals surface area contributed by atoms with E-state index in [9.17, 15) is 8.42 Å². The molecule has 0 amide bonds. The van der Waals surface area contributed by atoms with E-state index in [4.69, 9.17) is 16.6 Å². The summed E-state index contributed by atoms with van der Waals surface area (Å²) in [6, 6.07) is 9.55. The van der Waals surface area contributed by atoms with Crippen molar-refractivity contribution >= 4 is 33.0 Å². The molecule has 1 saturated heterocycles. The molecule has 0 saturated carbocycles. The summed E-state index contributed by atoms with van der Waals surface area (Å²) in [4.78, 5) is 7.38. The Kier molecular flexibility index (Phi) is 6.55. The van der Waals surface area contributed by atoms with E-state index < -0.39 is 10.0 Å². The molecule has 3 heterocycles. The zero-order valence-corrected chi connectivity index (χ0v) is 20.3. The number of likely N-dealkylation sites (tertiary alicyclic amines) is 1. The van der Waals surface area contributed by atoms with Gasteiger partial charge in [-0.1, -0.05) is 30.7 Å². The van der Waals surface area contributed by atoms with Gasteiger partial charge in [-0.3, -0.25) is 4.90 Å². The van der Waals surface area contributed by atoms with Gasteiger partial charge in [0.25, 0.3) is 0 Å². The van der Waals surface area contributed by atoms with E-state index in [1.807, 2.05) is 48.2 Å². The van der Waals surface area contributed by atoms with Crippen molar-refractivity contribution in [2.24, 2.45) is 7.05 Å². The van der Waals surface area contributed by atoms with E-state index in [0.717, 1.165) is 47.9 Å². The number of sulfonamides is 1. The summed E-state index contributed by atoms with van der Waals surface area (Å²) >= 11 is 7.60. The van der Waals surface area contributed by atoms with Crippen molar-refractivity contribution in [3.63, 3.8) is 0 Å². The number of nitrogens with zero attached hydrogens (tertiary/aromatic N) is 3. The van der Waals surface area contributed by atoms with E-state index >= 15 is 0 Å². The average Bonchev–Trinajstić information content (AvgIpc) is 3.46. The molecule has 4 rings (SSSR count). The molecule has 1 N–H and O–H groups in total. The molecule has 1 fully saturated rings. The molecule has 0 aliphatic carbocycles. The maximum Gasteiger partial charge on any atom is 0.242 e. The van der Waals surface area contributed by atoms with E-state index in [-0.39, 0.29) is 6.04 Å². The molecule has 166 valence electrons. The molecule has 1 atom stereocenters. The van der Waals surface area contributed by atoms with Crippen molar-refractivity contribution in [3.8, 4) is 22.0 Å². The standard InChI is InChI=1S/C22H27ClN4O2S2/c1-4-27-10-6-9-18(27)13-24-31(28,29)21-12-20(26(3)15(21)2)22-25-19(14-30-22)16-7-5-8-17(23)11-16/h5,7-8,11-12,14,18,24H,4,6,9-10,13H2,1-3H3/t18-/m1/s1. The lowest BCUT2D eigenvalue weighted by Gasteiger charge is -2.22. The number of hydrogen-bond donors (Lipinski definition) is 1. The highest BCUT2D eigenvalue weighted by Gasteiger charge is 2.27. The maximum absolute atomic E-state index is 13.1. The molecule has 0 bridgehead atoms. The lowest BCUT2D eigenvalue weighted by atomic mass is 10.2. The lowest BCUT2D eigenvalue weighted by Crippen LogP contribution is -2.40. The van der Waals surface area contributed by atoms with Gasteiger partial charge in [0.1, 0.15) is 9.90 Å². The molecule has 0 spiro atoms. The second kappa shape index (κ2) is 9.03. The molecule has 1 aliphatic heterocycles. The average molecular weight is 479 g/mol. The van der Waals surface area contributed by atoms with Crippen LogP contribution in [0.5, 0.6) is 0 Å². The first-order valence-electron chi connectivity index (χ1n) is 10.4. The predicted molar refractivity (Wildman–Crippen MR) is 127 cm³/mol. The van der Waals surface area contributed by atoms with Crippen LogP contribution in [-0.2, 0) is 17.1 Å². The molecular weight excluding hydrogens is 452 g/mol. The normalized spacial score (nSPS) is 17.5. The van der Waals surface area contributed by atoms with Crippen molar-refractivity contribution in [1.82, 2.24) is 19.2 Å². The highest BCUT2D eigenvalue weighted by molar-refractivity contribution is 7.89. The quantitative estimate of drug-likeness (QED) is 0.541. The van der Waals surface area contributed by atoms with Crippen molar-refractivity contribution in [2.75, 3.05) is 19.6 Å². The lowest BCUT2D eigenvalue weighted by molar-refractivity contribution is 0.268. The van der Waals surface area contributed by atoms with Gasteiger partial charge in [-0.25, -0.2) is 18.1 Å². The number of nitrogens with one attached hydrogen (secondary N) is 1. The van der Waals surface area contributed by atoms with Crippen molar-refractivity contribution in [2.45, 2.75) is 37.6 Å². The Labute approximate surface area is 192 Å². The highest BCUT2D eigenvalue weighted by Crippen LogP contribution is 2.33. The smallest absolute Gasteiger partial charge is 0.242 e. The van der Waals surface area contributed by atoms with Crippen LogP contribution in [0.25, 0.3) is 22.0 Å². The minimum absolute atomic E-state index is 0.266. The maximum atomic E-state index is 13.1. The Hall–Kier alpha value is -1.71. The predicted octanol–water partition coefficient (Wildman–Crippen LogP) is 4.54. The number of hydrogen-bond acceptors (Lipinski definition) is 5. The molecule has 31 heavy (non-hydrogen) atoms. The van der Waals surface area contributed by atoms with E-state index in [1.54, 1.807) is 6.07 Å². The summed E-state index contributed by atoms with van der Waals surface area (Å²) in [6.45, 7) is 6.37. The number of halogens is 1. The summed E-state index contributed by atoms with van der Waals surface area (Å²) in [7, 11) is -1.73. The largest absolute Gasteiger partial charge is 0.345 e. The first kappa shape index (κ1) is 22.5. The van der Waals surface area contributed by atoms with Gasteiger partial charge in [-0.2, -0.15) is 0 Å². The summed E-state index contributed by atoms with van der Waals surface area (Å²) in [5, 5.41) is 3.40. The summed E-state index contributed by atoms with van der Waals surface area (Å²) in [5.74, 6) is 0. The van der Waals surface area contributed by atoms with Crippen LogP contribution in [0.2, 0.25) is 5.02 Å². The van der Waals surface area contributed by atoms with Gasteiger partial charge in [-0.05, 0) is 51.1 Å². The van der Waals surface area contributed by atoms with Gasteiger partial charge >= 0.3 is 0 Å². The number of likely N-dealkylation sites (N-methyl/N-ethyl adjacent to an activating group) is 1. The number of thiazole rings is 1. The van der Waals surface area contributed by atoms with Gasteiger partial charge in [0.2, 0.25) is 10.0 Å². The van der Waals surface area contributed by atoms with Crippen molar-refractivity contribution in [3.05, 3.63) is 46.4 Å². The monoisotopic (exact) mass is 478 g/mol. The molecule has 1 aliphatic rings. The van der Waals surface area contributed by atoms with Crippen LogP contribution < -0.4 is 4.72 Å². The zero-order valence-electron chi connectivity index (χ0n) is 17.9. The molecule has 2 aromatic heterocycles. The van der Waals surface area contributed by atoms with Crippen LogP contribution >= 0.6 is 22.9 Å². The third-order valence-corrected chi connectivity index (χ3v) is 8.68. The highest BCUT2D eigenvalue weighted by atomic mass is 35.5. The fraction of sp³-hybridized carbons (Fsp3) is 0.409. The van der Waals surface area contributed by atoms with E-state index in [0.29, 0.717) is 22.2 Å². The second-order valence-corrected chi connectivity index (χ2v) is 10.9. The third-order valence-electron chi connectivity index (χ3n) is 6.04. The summed E-state index contributed by atoms with van der Waals surface area (Å²) in [5.41, 5.74) is 3.24. The number of aromatic nitrogens is 2. The fourth-order valence-electron chi connectivity index (χ4n) is 4.15. The summed E-state index contributed by atoms with van der Waals surface area (Å²) < 4.78 is 30.9. The summed E-state index contributed by atoms with van der Waals surface area (Å²) in [6.07, 6.45) is 2.15. The topological polar surface area (TPSA) is 67.2 Å². The van der Waals surface area contributed by atoms with Crippen molar-refractivity contribution in [1.29, 1.82) is 0 Å². The van der Waals surface area contributed by atoms with Gasteiger partial charge < -0.3 is 4.57 Å². The number of rotatable bonds is 7. The van der Waals surface area contributed by atoms with Crippen LogP contribution in [0.3, 0.4) is 0 Å². The molecule has 3 aromatic rings. The second-order valence-electron chi connectivity index (χ2n) is 7.86. The molecule has 6 nitrogen and oxygen atoms in total. The Morgan fingerprint density at radius 3 is 2.87 bits per heavy atom. The SMILES string of the molecule is CCN1CCC[C@@H]1CNS(=O)(=O)c1cc(-c2nc(-c3cccc(Cl)c3)cs2)n(C)c1C. The Bertz CT molecular complexity index is 1190. The Morgan fingerprint density at radius 1 is 1.32 bits per heavy atom. The Balaban J connectivity index is 1.58. The van der Waals surface area contributed by atoms with Gasteiger partial charge in [0, 0.05) is 41.3 Å². The molecule has 0 radical (unpaired) electrons. The molecular formula is C22H27ClN4O2S2. The van der Waals surface area contributed by atoms with Gasteiger partial charge in [0.15, 0.2) is 0 Å². The van der Waals surface area contributed by atoms with Crippen LogP contribution in [0, 0.1) is 6.92 Å². The number of benzene rings is 1. The van der Waals surface area contributed by atoms with Crippen LogP contribution in [-0.4, -0.2) is 48.5 Å². The zero-order chi connectivity index (χ0) is 22.2. The Morgan fingerprint density at radius 2 is 2.13 bits per heavy atom. The van der Waals surface area contributed by atoms with Crippen LogP contribution in [0.4, 0.5) is 0 Å².